The van der Waals surface area contributed by atoms with Gasteiger partial charge in [-0.3, -0.25) is 4.79 Å². The first-order valence-electron chi connectivity index (χ1n) is 7.89. The zero-order valence-electron chi connectivity index (χ0n) is 14.2. The topological polar surface area (TPSA) is 35.5 Å². The lowest BCUT2D eigenvalue weighted by molar-refractivity contribution is -0.118. The SMILES string of the molecule is CC[C@H](c1ccc(OC)cc1)[C@H](C(C)=O)c1ccc(OC)cc1. The average molecular weight is 312 g/mol. The molecule has 3 nitrogen and oxygen atoms in total. The molecule has 0 heterocycles. The number of ether oxygens (including phenoxy) is 2. The van der Waals surface area contributed by atoms with Crippen LogP contribution in [-0.4, -0.2) is 20.0 Å². The number of rotatable bonds is 7. The Morgan fingerprint density at radius 2 is 1.30 bits per heavy atom. The van der Waals surface area contributed by atoms with Gasteiger partial charge in [-0.05, 0) is 54.7 Å². The number of benzene rings is 2. The molecule has 0 aliphatic rings. The zero-order valence-corrected chi connectivity index (χ0v) is 14.2. The molecule has 122 valence electrons. The minimum atomic E-state index is -0.153. The van der Waals surface area contributed by atoms with Crippen molar-refractivity contribution in [2.45, 2.75) is 32.1 Å². The van der Waals surface area contributed by atoms with Crippen LogP contribution < -0.4 is 9.47 Å². The number of carbonyl (C=O) groups excluding carboxylic acids is 1. The minimum Gasteiger partial charge on any atom is -0.497 e. The number of methoxy groups -OCH3 is 2. The third-order valence-electron chi connectivity index (χ3n) is 4.30. The third kappa shape index (κ3) is 3.92. The number of carbonyl (C=O) groups is 1. The fraction of sp³-hybridized carbons (Fsp3) is 0.350. The largest absolute Gasteiger partial charge is 0.497 e. The molecule has 0 saturated carbocycles. The summed E-state index contributed by atoms with van der Waals surface area (Å²) in [4.78, 5) is 12.3. The van der Waals surface area contributed by atoms with Gasteiger partial charge < -0.3 is 9.47 Å². The monoisotopic (exact) mass is 312 g/mol. The highest BCUT2D eigenvalue weighted by Gasteiger charge is 2.27. The van der Waals surface area contributed by atoms with E-state index in [1.165, 1.54) is 0 Å². The van der Waals surface area contributed by atoms with Crippen molar-refractivity contribution in [2.75, 3.05) is 14.2 Å². The second-order valence-electron chi connectivity index (χ2n) is 5.65. The molecule has 0 unspecified atom stereocenters. The van der Waals surface area contributed by atoms with E-state index in [9.17, 15) is 4.79 Å². The summed E-state index contributed by atoms with van der Waals surface area (Å²) in [6.45, 7) is 3.79. The van der Waals surface area contributed by atoms with E-state index in [0.717, 1.165) is 29.0 Å². The molecule has 23 heavy (non-hydrogen) atoms. The molecule has 0 radical (unpaired) electrons. The number of Topliss-reactive ketones (excluding diaryl/α,β-unsaturated/α-hetero) is 1. The smallest absolute Gasteiger partial charge is 0.137 e. The standard InChI is InChI=1S/C20H24O3/c1-5-19(15-6-10-17(22-3)11-7-15)20(14(2)21)16-8-12-18(23-4)13-9-16/h6-13,19-20H,5H2,1-4H3/t19-,20-/m1/s1. The summed E-state index contributed by atoms with van der Waals surface area (Å²) in [6, 6.07) is 15.8. The second kappa shape index (κ2) is 7.82. The number of hydrogen-bond donors (Lipinski definition) is 0. The molecule has 3 heteroatoms. The predicted molar refractivity (Wildman–Crippen MR) is 92.4 cm³/mol. The van der Waals surface area contributed by atoms with Gasteiger partial charge in [-0.25, -0.2) is 0 Å². The molecule has 0 aliphatic heterocycles. The van der Waals surface area contributed by atoms with Crippen LogP contribution in [0.4, 0.5) is 0 Å². The fourth-order valence-corrected chi connectivity index (χ4v) is 3.08. The van der Waals surface area contributed by atoms with Gasteiger partial charge in [-0.1, -0.05) is 31.2 Å². The number of hydrogen-bond acceptors (Lipinski definition) is 3. The van der Waals surface area contributed by atoms with Gasteiger partial charge in [-0.15, -0.1) is 0 Å². The van der Waals surface area contributed by atoms with Crippen molar-refractivity contribution in [3.63, 3.8) is 0 Å². The van der Waals surface area contributed by atoms with Crippen molar-refractivity contribution in [2.24, 2.45) is 0 Å². The lowest BCUT2D eigenvalue weighted by Crippen LogP contribution is -2.18. The minimum absolute atomic E-state index is 0.145. The first-order valence-corrected chi connectivity index (χ1v) is 7.89. The summed E-state index contributed by atoms with van der Waals surface area (Å²) in [5, 5.41) is 0. The quantitative estimate of drug-likeness (QED) is 0.751. The van der Waals surface area contributed by atoms with E-state index in [1.807, 2.05) is 48.5 Å². The summed E-state index contributed by atoms with van der Waals surface area (Å²) >= 11 is 0. The van der Waals surface area contributed by atoms with Gasteiger partial charge in [0.05, 0.1) is 14.2 Å². The van der Waals surface area contributed by atoms with Crippen LogP contribution in [0.25, 0.3) is 0 Å². The molecular formula is C20H24O3. The van der Waals surface area contributed by atoms with Crippen molar-refractivity contribution in [1.29, 1.82) is 0 Å². The van der Waals surface area contributed by atoms with Crippen LogP contribution in [0, 0.1) is 0 Å². The van der Waals surface area contributed by atoms with Gasteiger partial charge in [-0.2, -0.15) is 0 Å². The summed E-state index contributed by atoms with van der Waals surface area (Å²) in [6.07, 6.45) is 0.891. The Hall–Kier alpha value is -2.29. The maximum atomic E-state index is 12.3. The van der Waals surface area contributed by atoms with E-state index in [1.54, 1.807) is 21.1 Å². The summed E-state index contributed by atoms with van der Waals surface area (Å²) in [5.74, 6) is 1.80. The first-order chi connectivity index (χ1) is 11.1. The zero-order chi connectivity index (χ0) is 16.8. The Morgan fingerprint density at radius 1 is 0.870 bits per heavy atom. The molecule has 2 rings (SSSR count). The van der Waals surface area contributed by atoms with Crippen molar-refractivity contribution in [3.8, 4) is 11.5 Å². The third-order valence-corrected chi connectivity index (χ3v) is 4.30. The Labute approximate surface area is 138 Å². The summed E-state index contributed by atoms with van der Waals surface area (Å²) < 4.78 is 10.4. The molecule has 0 spiro atoms. The fourth-order valence-electron chi connectivity index (χ4n) is 3.08. The molecule has 0 fully saturated rings. The molecule has 0 saturated heterocycles. The van der Waals surface area contributed by atoms with Crippen molar-refractivity contribution < 1.29 is 14.3 Å². The van der Waals surface area contributed by atoms with Gasteiger partial charge in [0.1, 0.15) is 17.3 Å². The average Bonchev–Trinajstić information content (AvgIpc) is 2.59. The summed E-state index contributed by atoms with van der Waals surface area (Å²) in [7, 11) is 3.30. The van der Waals surface area contributed by atoms with Gasteiger partial charge in [0.15, 0.2) is 0 Å². The Balaban J connectivity index is 2.37. The van der Waals surface area contributed by atoms with Crippen LogP contribution in [0.15, 0.2) is 48.5 Å². The predicted octanol–water partition coefficient (Wildman–Crippen LogP) is 4.57. The second-order valence-corrected chi connectivity index (χ2v) is 5.65. The Morgan fingerprint density at radius 3 is 1.65 bits per heavy atom. The Kier molecular flexibility index (Phi) is 5.80. The van der Waals surface area contributed by atoms with Crippen molar-refractivity contribution in [1.82, 2.24) is 0 Å². The van der Waals surface area contributed by atoms with Crippen LogP contribution in [0.1, 0.15) is 43.2 Å². The Bertz CT molecular complexity index is 629. The molecule has 2 aromatic carbocycles. The lowest BCUT2D eigenvalue weighted by Gasteiger charge is -2.25. The van der Waals surface area contributed by atoms with Crippen LogP contribution in [0.3, 0.4) is 0 Å². The normalized spacial score (nSPS) is 13.2. The van der Waals surface area contributed by atoms with E-state index in [-0.39, 0.29) is 17.6 Å². The van der Waals surface area contributed by atoms with E-state index in [2.05, 4.69) is 6.92 Å². The van der Waals surface area contributed by atoms with Crippen LogP contribution in [0.2, 0.25) is 0 Å². The van der Waals surface area contributed by atoms with Gasteiger partial charge in [0.25, 0.3) is 0 Å². The molecular weight excluding hydrogens is 288 g/mol. The highest BCUT2D eigenvalue weighted by atomic mass is 16.5. The first kappa shape index (κ1) is 17.1. The van der Waals surface area contributed by atoms with Crippen LogP contribution >= 0.6 is 0 Å². The van der Waals surface area contributed by atoms with E-state index in [0.29, 0.717) is 0 Å². The molecule has 0 amide bonds. The van der Waals surface area contributed by atoms with E-state index in [4.69, 9.17) is 9.47 Å². The maximum absolute atomic E-state index is 12.3. The molecule has 0 bridgehead atoms. The van der Waals surface area contributed by atoms with Gasteiger partial charge >= 0.3 is 0 Å². The van der Waals surface area contributed by atoms with E-state index >= 15 is 0 Å². The summed E-state index contributed by atoms with van der Waals surface area (Å²) in [5.41, 5.74) is 2.19. The van der Waals surface area contributed by atoms with Crippen LogP contribution in [-0.2, 0) is 4.79 Å². The van der Waals surface area contributed by atoms with Crippen molar-refractivity contribution in [3.05, 3.63) is 59.7 Å². The van der Waals surface area contributed by atoms with Crippen LogP contribution in [0.5, 0.6) is 11.5 Å². The molecule has 0 aliphatic carbocycles. The van der Waals surface area contributed by atoms with Gasteiger partial charge in [0, 0.05) is 5.92 Å². The molecule has 2 atom stereocenters. The van der Waals surface area contributed by atoms with Crippen molar-refractivity contribution >= 4 is 5.78 Å². The number of ketones is 1. The maximum Gasteiger partial charge on any atom is 0.137 e. The lowest BCUT2D eigenvalue weighted by atomic mass is 9.78. The highest BCUT2D eigenvalue weighted by molar-refractivity contribution is 5.84. The highest BCUT2D eigenvalue weighted by Crippen LogP contribution is 2.37. The van der Waals surface area contributed by atoms with E-state index < -0.39 is 0 Å². The molecule has 2 aromatic rings. The molecule has 0 aromatic heterocycles. The van der Waals surface area contributed by atoms with Gasteiger partial charge in [0.2, 0.25) is 0 Å². The molecule has 0 N–H and O–H groups in total.